The Morgan fingerprint density at radius 2 is 1.44 bits per heavy atom. The summed E-state index contributed by atoms with van der Waals surface area (Å²) in [6, 6.07) is 16.9. The summed E-state index contributed by atoms with van der Waals surface area (Å²) in [5.74, 6) is -1.07. The Morgan fingerprint density at radius 3 is 1.93 bits per heavy atom. The Bertz CT molecular complexity index is 1000. The van der Waals surface area contributed by atoms with Crippen LogP contribution >= 0.6 is 24.0 Å². The average molecular weight is 403 g/mol. The number of amides is 1. The second kappa shape index (κ2) is 8.07. The van der Waals surface area contributed by atoms with Crippen molar-refractivity contribution in [2.45, 2.75) is 0 Å². The van der Waals surface area contributed by atoms with E-state index in [0.717, 1.165) is 17.2 Å². The first-order valence-electron chi connectivity index (χ1n) is 7.57. The van der Waals surface area contributed by atoms with Crippen LogP contribution < -0.4 is 11.5 Å². The van der Waals surface area contributed by atoms with Crippen molar-refractivity contribution in [2.24, 2.45) is 0 Å². The van der Waals surface area contributed by atoms with Crippen LogP contribution in [0, 0.1) is 10.1 Å². The van der Waals surface area contributed by atoms with Gasteiger partial charge >= 0.3 is 0 Å². The van der Waals surface area contributed by atoms with E-state index in [9.17, 15) is 14.9 Å². The van der Waals surface area contributed by atoms with Crippen molar-refractivity contribution in [1.82, 2.24) is 5.73 Å². The lowest BCUT2D eigenvalue weighted by molar-refractivity contribution is -0.384. The number of nitrogens with zero attached hydrogens (tertiary/aromatic N) is 1. The summed E-state index contributed by atoms with van der Waals surface area (Å²) in [7, 11) is 0. The molecule has 0 aromatic heterocycles. The number of nitro benzene ring substituents is 1. The molecule has 0 bridgehead atoms. The molecule has 0 fully saturated rings. The zero-order chi connectivity index (χ0) is 18.8. The van der Waals surface area contributed by atoms with Crippen LogP contribution in [0.25, 0.3) is 22.3 Å². The number of benzene rings is 3. The van der Waals surface area contributed by atoms with Crippen molar-refractivity contribution in [1.29, 1.82) is 0 Å². The van der Waals surface area contributed by atoms with E-state index >= 15 is 0 Å². The van der Waals surface area contributed by atoms with Gasteiger partial charge in [-0.05, 0) is 34.9 Å². The quantitative estimate of drug-likeness (QED) is 0.375. The second-order valence-electron chi connectivity index (χ2n) is 5.63. The number of rotatable bonds is 4. The van der Waals surface area contributed by atoms with E-state index in [4.69, 9.17) is 23.1 Å². The Morgan fingerprint density at radius 1 is 0.963 bits per heavy atom. The first kappa shape index (κ1) is 20.2. The Kier molecular flexibility index (Phi) is 6.05. The van der Waals surface area contributed by atoms with Crippen molar-refractivity contribution in [3.8, 4) is 22.3 Å². The molecule has 3 N–H and O–H groups in total. The molecule has 0 saturated heterocycles. The molecule has 0 aliphatic heterocycles. The Labute approximate surface area is 166 Å². The SMILES string of the molecule is Cl.[NH]C(=O)c1cc([N+](=O)[O-])c(-c2ccc(-c3ccc(N)cc3)cc2)cc1Cl. The number of nitro groups is 1. The van der Waals surface area contributed by atoms with Gasteiger partial charge < -0.3 is 5.73 Å². The van der Waals surface area contributed by atoms with Crippen LogP contribution in [0.2, 0.25) is 5.02 Å². The van der Waals surface area contributed by atoms with Gasteiger partial charge in [0.1, 0.15) is 0 Å². The minimum absolute atomic E-state index is 0. The highest BCUT2D eigenvalue weighted by Crippen LogP contribution is 2.35. The van der Waals surface area contributed by atoms with Crippen LogP contribution in [0.3, 0.4) is 0 Å². The van der Waals surface area contributed by atoms with Crippen LogP contribution in [0.5, 0.6) is 0 Å². The van der Waals surface area contributed by atoms with Crippen LogP contribution in [0.4, 0.5) is 11.4 Å². The lowest BCUT2D eigenvalue weighted by Gasteiger charge is -2.08. The van der Waals surface area contributed by atoms with Crippen molar-refractivity contribution in [3.63, 3.8) is 0 Å². The van der Waals surface area contributed by atoms with Gasteiger partial charge in [-0.25, -0.2) is 0 Å². The van der Waals surface area contributed by atoms with E-state index in [1.807, 2.05) is 24.3 Å². The zero-order valence-corrected chi connectivity index (χ0v) is 15.4. The first-order valence-corrected chi connectivity index (χ1v) is 7.95. The topological polar surface area (TPSA) is 110 Å². The molecule has 3 aromatic carbocycles. The second-order valence-corrected chi connectivity index (χ2v) is 6.04. The molecule has 0 aliphatic rings. The van der Waals surface area contributed by atoms with Crippen LogP contribution in [0.1, 0.15) is 10.4 Å². The minimum Gasteiger partial charge on any atom is -0.399 e. The molecule has 3 rings (SSSR count). The van der Waals surface area contributed by atoms with Gasteiger partial charge in [-0.3, -0.25) is 20.6 Å². The number of hydrogen-bond donors (Lipinski definition) is 1. The molecule has 0 spiro atoms. The molecule has 27 heavy (non-hydrogen) atoms. The predicted octanol–water partition coefficient (Wildman–Crippen LogP) is 5.01. The van der Waals surface area contributed by atoms with Gasteiger partial charge in [0.05, 0.1) is 21.1 Å². The summed E-state index contributed by atoms with van der Waals surface area (Å²) < 4.78 is 0. The van der Waals surface area contributed by atoms with Gasteiger partial charge in [-0.1, -0.05) is 48.0 Å². The molecule has 0 saturated carbocycles. The van der Waals surface area contributed by atoms with Gasteiger partial charge in [0.2, 0.25) is 0 Å². The molecule has 0 unspecified atom stereocenters. The predicted molar refractivity (Wildman–Crippen MR) is 108 cm³/mol. The third-order valence-electron chi connectivity index (χ3n) is 3.97. The first-order chi connectivity index (χ1) is 12.4. The molecule has 1 radical (unpaired) electrons. The average Bonchev–Trinajstić information content (AvgIpc) is 2.61. The van der Waals surface area contributed by atoms with Gasteiger partial charge in [-0.2, -0.15) is 0 Å². The standard InChI is InChI=1S/C19H13ClN3O3.ClH/c20-17-9-15(18(23(25)26)10-16(17)19(22)24)13-3-1-11(2-4-13)12-5-7-14(21)8-6-12;/h1-10,22H,21H2;1H. The van der Waals surface area contributed by atoms with E-state index in [0.29, 0.717) is 11.3 Å². The lowest BCUT2D eigenvalue weighted by atomic mass is 9.98. The van der Waals surface area contributed by atoms with Crippen LogP contribution in [0.15, 0.2) is 60.7 Å². The highest BCUT2D eigenvalue weighted by molar-refractivity contribution is 6.34. The normalized spacial score (nSPS) is 10.1. The maximum absolute atomic E-state index is 11.4. The van der Waals surface area contributed by atoms with Gasteiger partial charge in [-0.15, -0.1) is 12.4 Å². The zero-order valence-electron chi connectivity index (χ0n) is 13.8. The van der Waals surface area contributed by atoms with E-state index in [1.54, 1.807) is 24.3 Å². The number of nitrogens with one attached hydrogen (secondary N) is 1. The molecule has 137 valence electrons. The van der Waals surface area contributed by atoms with E-state index in [1.165, 1.54) is 6.07 Å². The van der Waals surface area contributed by atoms with Crippen molar-refractivity contribution >= 4 is 41.3 Å². The maximum Gasteiger partial charge on any atom is 0.278 e. The molecular weight excluding hydrogens is 389 g/mol. The van der Waals surface area contributed by atoms with Gasteiger partial charge in [0.15, 0.2) is 0 Å². The fraction of sp³-hybridized carbons (Fsp3) is 0. The number of carbonyl (C=O) groups is 1. The molecule has 0 atom stereocenters. The fourth-order valence-electron chi connectivity index (χ4n) is 2.64. The number of halogens is 2. The summed E-state index contributed by atoms with van der Waals surface area (Å²) in [4.78, 5) is 22.1. The number of carbonyl (C=O) groups excluding carboxylic acids is 1. The highest BCUT2D eigenvalue weighted by Gasteiger charge is 2.21. The lowest BCUT2D eigenvalue weighted by Crippen LogP contribution is -2.02. The summed E-state index contributed by atoms with van der Waals surface area (Å²) in [6.07, 6.45) is 0. The molecule has 0 heterocycles. The number of anilines is 1. The van der Waals surface area contributed by atoms with E-state index < -0.39 is 10.8 Å². The summed E-state index contributed by atoms with van der Waals surface area (Å²) in [5.41, 5.74) is 15.8. The molecule has 0 aliphatic carbocycles. The minimum atomic E-state index is -1.07. The van der Waals surface area contributed by atoms with Crippen molar-refractivity contribution < 1.29 is 9.72 Å². The maximum atomic E-state index is 11.4. The number of nitrogens with two attached hydrogens (primary N) is 1. The van der Waals surface area contributed by atoms with Crippen molar-refractivity contribution in [2.75, 3.05) is 5.73 Å². The third kappa shape index (κ3) is 4.19. The molecular formula is C19H14Cl2N3O3. The van der Waals surface area contributed by atoms with E-state index in [-0.39, 0.29) is 34.2 Å². The third-order valence-corrected chi connectivity index (χ3v) is 4.28. The van der Waals surface area contributed by atoms with Crippen LogP contribution in [-0.4, -0.2) is 10.8 Å². The highest BCUT2D eigenvalue weighted by atomic mass is 35.5. The van der Waals surface area contributed by atoms with Gasteiger partial charge in [0, 0.05) is 11.8 Å². The van der Waals surface area contributed by atoms with Crippen LogP contribution in [-0.2, 0) is 0 Å². The molecule has 3 aromatic rings. The number of hydrogen-bond acceptors (Lipinski definition) is 4. The largest absolute Gasteiger partial charge is 0.399 e. The van der Waals surface area contributed by atoms with Crippen molar-refractivity contribution in [3.05, 3.63) is 81.4 Å². The summed E-state index contributed by atoms with van der Waals surface area (Å²) >= 11 is 6.02. The molecule has 1 amide bonds. The number of nitrogen functional groups attached to an aromatic ring is 1. The Balaban J connectivity index is 0.00000261. The fourth-order valence-corrected chi connectivity index (χ4v) is 2.89. The smallest absolute Gasteiger partial charge is 0.278 e. The molecule has 8 heteroatoms. The summed E-state index contributed by atoms with van der Waals surface area (Å²) in [6.45, 7) is 0. The monoisotopic (exact) mass is 402 g/mol. The Hall–Kier alpha value is -3.09. The van der Waals surface area contributed by atoms with E-state index in [2.05, 4.69) is 0 Å². The molecule has 6 nitrogen and oxygen atoms in total. The van der Waals surface area contributed by atoms with Gasteiger partial charge in [0.25, 0.3) is 11.6 Å². The summed E-state index contributed by atoms with van der Waals surface area (Å²) in [5, 5.41) is 11.4.